The predicted molar refractivity (Wildman–Crippen MR) is 122 cm³/mol. The van der Waals surface area contributed by atoms with Crippen LogP contribution >= 0.6 is 0 Å². The van der Waals surface area contributed by atoms with Crippen LogP contribution in [0.15, 0.2) is 47.4 Å². The lowest BCUT2D eigenvalue weighted by Gasteiger charge is -2.17. The van der Waals surface area contributed by atoms with E-state index in [0.717, 1.165) is 9.87 Å². The van der Waals surface area contributed by atoms with Gasteiger partial charge in [0.15, 0.2) is 0 Å². The number of amides is 1. The smallest absolute Gasteiger partial charge is 0.321 e. The van der Waals surface area contributed by atoms with Crippen molar-refractivity contribution in [2.75, 3.05) is 32.1 Å². The number of sulfonamides is 1. The van der Waals surface area contributed by atoms with Gasteiger partial charge in [0.05, 0.1) is 4.90 Å². The largest absolute Gasteiger partial charge is 0.490 e. The molecule has 0 radical (unpaired) electrons. The zero-order chi connectivity index (χ0) is 23.9. The first-order valence-corrected chi connectivity index (χ1v) is 11.7. The Bertz CT molecular complexity index is 1050. The molecule has 8 nitrogen and oxygen atoms in total. The highest BCUT2D eigenvalue weighted by molar-refractivity contribution is 7.89. The summed E-state index contributed by atoms with van der Waals surface area (Å²) in [7, 11) is -2.58. The molecule has 32 heavy (non-hydrogen) atoms. The van der Waals surface area contributed by atoms with Crippen molar-refractivity contribution in [3.8, 4) is 5.75 Å². The second-order valence-corrected chi connectivity index (χ2v) is 9.75. The molecular formula is C23H30N2O6S. The van der Waals surface area contributed by atoms with Crippen LogP contribution in [0.4, 0.5) is 5.69 Å². The second-order valence-electron chi connectivity index (χ2n) is 7.71. The van der Waals surface area contributed by atoms with Crippen LogP contribution in [0.1, 0.15) is 37.8 Å². The van der Waals surface area contributed by atoms with E-state index in [-0.39, 0.29) is 24.0 Å². The highest BCUT2D eigenvalue weighted by Gasteiger charge is 2.23. The fourth-order valence-electron chi connectivity index (χ4n) is 3.11. The summed E-state index contributed by atoms with van der Waals surface area (Å²) in [5, 5.41) is 2.56. The Balaban J connectivity index is 1.83. The zero-order valence-electron chi connectivity index (χ0n) is 19.0. The molecule has 174 valence electrons. The Kier molecular flexibility index (Phi) is 8.80. The van der Waals surface area contributed by atoms with Gasteiger partial charge in [0, 0.05) is 19.7 Å². The summed E-state index contributed by atoms with van der Waals surface area (Å²) >= 11 is 0. The van der Waals surface area contributed by atoms with E-state index in [2.05, 4.69) is 19.2 Å². The predicted octanol–water partition coefficient (Wildman–Crippen LogP) is 3.32. The molecule has 1 amide bonds. The van der Waals surface area contributed by atoms with Crippen molar-refractivity contribution in [2.45, 2.75) is 38.5 Å². The van der Waals surface area contributed by atoms with Gasteiger partial charge in [-0.2, -0.15) is 4.31 Å². The van der Waals surface area contributed by atoms with E-state index in [1.54, 1.807) is 0 Å². The number of rotatable bonds is 10. The summed E-state index contributed by atoms with van der Waals surface area (Å²) in [6, 6.07) is 11.5. The summed E-state index contributed by atoms with van der Waals surface area (Å²) in [5.41, 5.74) is 2.86. The topological polar surface area (TPSA) is 102 Å². The van der Waals surface area contributed by atoms with E-state index in [0.29, 0.717) is 17.4 Å². The number of carbonyl (C=O) groups is 2. The van der Waals surface area contributed by atoms with Gasteiger partial charge in [-0.3, -0.25) is 9.59 Å². The summed E-state index contributed by atoms with van der Waals surface area (Å²) in [5.74, 6) is 0.173. The normalized spacial score (nSPS) is 11.5. The molecule has 0 saturated heterocycles. The van der Waals surface area contributed by atoms with Crippen molar-refractivity contribution >= 4 is 27.6 Å². The minimum absolute atomic E-state index is 0.00309. The summed E-state index contributed by atoms with van der Waals surface area (Å²) in [6.45, 7) is 7.36. The summed E-state index contributed by atoms with van der Waals surface area (Å²) in [4.78, 5) is 23.1. The molecule has 0 atom stereocenters. The van der Waals surface area contributed by atoms with Crippen molar-refractivity contribution in [1.82, 2.24) is 4.31 Å². The van der Waals surface area contributed by atoms with E-state index in [1.165, 1.54) is 43.8 Å². The van der Waals surface area contributed by atoms with Crippen LogP contribution in [-0.2, 0) is 24.3 Å². The lowest BCUT2D eigenvalue weighted by atomic mass is 9.98. The van der Waals surface area contributed by atoms with E-state index in [9.17, 15) is 18.0 Å². The number of hydrogen-bond acceptors (Lipinski definition) is 6. The van der Waals surface area contributed by atoms with E-state index in [1.807, 2.05) is 25.1 Å². The molecule has 0 spiro atoms. The van der Waals surface area contributed by atoms with Crippen LogP contribution in [0, 0.1) is 6.92 Å². The first-order chi connectivity index (χ1) is 15.0. The molecule has 0 unspecified atom stereocenters. The standard InChI is InChI=1S/C23H30N2O6S/c1-16(2)22-11-8-20(14-17(22)3)30-12-13-31-23(27)15-25(5)32(28,29)21-9-6-19(7-10-21)24-18(4)26/h6-11,14,16H,12-13,15H2,1-5H3,(H,24,26). The Morgan fingerprint density at radius 2 is 1.72 bits per heavy atom. The van der Waals surface area contributed by atoms with Gasteiger partial charge in [-0.1, -0.05) is 19.9 Å². The Morgan fingerprint density at radius 3 is 2.28 bits per heavy atom. The molecule has 0 aromatic heterocycles. The molecular weight excluding hydrogens is 432 g/mol. The molecule has 0 fully saturated rings. The molecule has 9 heteroatoms. The quantitative estimate of drug-likeness (QED) is 0.429. The van der Waals surface area contributed by atoms with Gasteiger partial charge in [0.2, 0.25) is 15.9 Å². The van der Waals surface area contributed by atoms with Gasteiger partial charge in [0.1, 0.15) is 25.5 Å². The second kappa shape index (κ2) is 11.1. The maximum absolute atomic E-state index is 12.6. The molecule has 0 saturated carbocycles. The molecule has 0 bridgehead atoms. The molecule has 2 rings (SSSR count). The number of carbonyl (C=O) groups excluding carboxylic acids is 2. The number of hydrogen-bond donors (Lipinski definition) is 1. The SMILES string of the molecule is CC(=O)Nc1ccc(S(=O)(=O)N(C)CC(=O)OCCOc2ccc(C(C)C)c(C)c2)cc1. The number of nitrogens with one attached hydrogen (secondary N) is 1. The molecule has 2 aromatic rings. The van der Waals surface area contributed by atoms with Crippen LogP contribution in [0.25, 0.3) is 0 Å². The molecule has 0 aliphatic heterocycles. The number of aryl methyl sites for hydroxylation is 1. The fraction of sp³-hybridized carbons (Fsp3) is 0.391. The van der Waals surface area contributed by atoms with Gasteiger partial charge in [-0.25, -0.2) is 8.42 Å². The van der Waals surface area contributed by atoms with Gasteiger partial charge in [-0.15, -0.1) is 0 Å². The number of likely N-dealkylation sites (N-methyl/N-ethyl adjacent to an activating group) is 1. The number of nitrogens with zero attached hydrogens (tertiary/aromatic N) is 1. The van der Waals surface area contributed by atoms with Crippen molar-refractivity contribution in [3.05, 3.63) is 53.6 Å². The number of benzene rings is 2. The van der Waals surface area contributed by atoms with E-state index in [4.69, 9.17) is 9.47 Å². The molecule has 0 aliphatic rings. The molecule has 1 N–H and O–H groups in total. The van der Waals surface area contributed by atoms with Crippen molar-refractivity contribution < 1.29 is 27.5 Å². The Hall–Kier alpha value is -2.91. The summed E-state index contributed by atoms with van der Waals surface area (Å²) < 4.78 is 36.9. The van der Waals surface area contributed by atoms with E-state index < -0.39 is 22.5 Å². The third-order valence-corrected chi connectivity index (χ3v) is 6.53. The van der Waals surface area contributed by atoms with Crippen molar-refractivity contribution in [2.24, 2.45) is 0 Å². The average molecular weight is 463 g/mol. The number of ether oxygens (including phenoxy) is 2. The molecule has 2 aromatic carbocycles. The average Bonchev–Trinajstić information content (AvgIpc) is 2.71. The third-order valence-electron chi connectivity index (χ3n) is 4.71. The zero-order valence-corrected chi connectivity index (χ0v) is 19.9. The minimum atomic E-state index is -3.88. The lowest BCUT2D eigenvalue weighted by molar-refractivity contribution is -0.144. The van der Waals surface area contributed by atoms with Crippen LogP contribution in [0.2, 0.25) is 0 Å². The van der Waals surface area contributed by atoms with Crippen LogP contribution in [-0.4, -0.2) is 51.4 Å². The van der Waals surface area contributed by atoms with E-state index >= 15 is 0 Å². The fourth-order valence-corrected chi connectivity index (χ4v) is 4.22. The minimum Gasteiger partial charge on any atom is -0.490 e. The van der Waals surface area contributed by atoms with Gasteiger partial charge in [-0.05, 0) is 60.4 Å². The highest BCUT2D eigenvalue weighted by atomic mass is 32.2. The van der Waals surface area contributed by atoms with Crippen LogP contribution < -0.4 is 10.1 Å². The van der Waals surface area contributed by atoms with Crippen LogP contribution in [0.3, 0.4) is 0 Å². The third kappa shape index (κ3) is 7.06. The summed E-state index contributed by atoms with van der Waals surface area (Å²) in [6.07, 6.45) is 0. The molecule has 0 aliphatic carbocycles. The first-order valence-electron chi connectivity index (χ1n) is 10.2. The lowest BCUT2D eigenvalue weighted by Crippen LogP contribution is -2.33. The maximum atomic E-state index is 12.6. The van der Waals surface area contributed by atoms with Gasteiger partial charge < -0.3 is 14.8 Å². The van der Waals surface area contributed by atoms with Gasteiger partial charge >= 0.3 is 5.97 Å². The maximum Gasteiger partial charge on any atom is 0.321 e. The van der Waals surface area contributed by atoms with Crippen molar-refractivity contribution in [1.29, 1.82) is 0 Å². The number of anilines is 1. The van der Waals surface area contributed by atoms with Gasteiger partial charge in [0.25, 0.3) is 0 Å². The van der Waals surface area contributed by atoms with Crippen LogP contribution in [0.5, 0.6) is 5.75 Å². The Labute approximate surface area is 189 Å². The number of esters is 1. The van der Waals surface area contributed by atoms with Crippen molar-refractivity contribution in [3.63, 3.8) is 0 Å². The molecule has 0 heterocycles. The first kappa shape index (κ1) is 25.4. The Morgan fingerprint density at radius 1 is 1.06 bits per heavy atom. The monoisotopic (exact) mass is 462 g/mol. The highest BCUT2D eigenvalue weighted by Crippen LogP contribution is 2.23.